The highest BCUT2D eigenvalue weighted by Crippen LogP contribution is 2.30. The summed E-state index contributed by atoms with van der Waals surface area (Å²) in [7, 11) is 0. The molecular weight excluding hydrogens is 361 g/mol. The zero-order chi connectivity index (χ0) is 20.2. The quantitative estimate of drug-likeness (QED) is 0.589. The van der Waals surface area contributed by atoms with Gasteiger partial charge in [0.25, 0.3) is 5.56 Å². The van der Waals surface area contributed by atoms with Gasteiger partial charge in [-0.2, -0.15) is 13.2 Å². The van der Waals surface area contributed by atoms with E-state index in [2.05, 4.69) is 11.6 Å². The van der Waals surface area contributed by atoms with Gasteiger partial charge in [0.2, 0.25) is 0 Å². The van der Waals surface area contributed by atoms with Gasteiger partial charge in [0.1, 0.15) is 6.73 Å². The number of hydrogen-bond donors (Lipinski definition) is 1. The van der Waals surface area contributed by atoms with Crippen molar-refractivity contribution >= 4 is 0 Å². The maximum atomic E-state index is 13.0. The zero-order valence-corrected chi connectivity index (χ0v) is 15.1. The molecule has 0 radical (unpaired) electrons. The Morgan fingerprint density at radius 3 is 2.59 bits per heavy atom. The molecule has 1 heterocycles. The van der Waals surface area contributed by atoms with E-state index in [9.17, 15) is 22.8 Å². The van der Waals surface area contributed by atoms with E-state index >= 15 is 0 Å². The standard InChI is InChI=1S/C19H21F3N2O3/c1-4-8-27-11-24-15(16(12(2)3)17(25)23-18(24)26)10-13-6-5-7-14(9-13)19(20,21)22/h4-7,9,12H,1,8,10-11H2,2-3H3,(H,23,25,26). The normalized spacial score (nSPS) is 11.8. The van der Waals surface area contributed by atoms with Gasteiger partial charge in [0.15, 0.2) is 0 Å². The molecule has 2 aromatic rings. The monoisotopic (exact) mass is 382 g/mol. The van der Waals surface area contributed by atoms with Gasteiger partial charge in [-0.1, -0.05) is 38.1 Å². The minimum atomic E-state index is -4.47. The molecule has 0 aliphatic rings. The van der Waals surface area contributed by atoms with Gasteiger partial charge in [0, 0.05) is 17.7 Å². The summed E-state index contributed by atoms with van der Waals surface area (Å²) in [6, 6.07) is 4.83. The van der Waals surface area contributed by atoms with E-state index < -0.39 is 23.0 Å². The van der Waals surface area contributed by atoms with Crippen LogP contribution in [-0.2, 0) is 24.1 Å². The Labute approximate surface area is 154 Å². The molecule has 0 spiro atoms. The number of H-pyrrole nitrogens is 1. The fourth-order valence-corrected chi connectivity index (χ4v) is 2.83. The Morgan fingerprint density at radius 2 is 2.00 bits per heavy atom. The molecule has 0 unspecified atom stereocenters. The van der Waals surface area contributed by atoms with Gasteiger partial charge in [-0.3, -0.25) is 14.3 Å². The smallest absolute Gasteiger partial charge is 0.357 e. The number of nitrogens with one attached hydrogen (secondary N) is 1. The molecule has 0 saturated heterocycles. The molecule has 1 aromatic heterocycles. The zero-order valence-electron chi connectivity index (χ0n) is 15.1. The van der Waals surface area contributed by atoms with Crippen LogP contribution < -0.4 is 11.2 Å². The molecule has 146 valence electrons. The molecule has 27 heavy (non-hydrogen) atoms. The van der Waals surface area contributed by atoms with Crippen molar-refractivity contribution in [1.29, 1.82) is 0 Å². The molecular formula is C19H21F3N2O3. The van der Waals surface area contributed by atoms with E-state index in [1.54, 1.807) is 13.8 Å². The lowest BCUT2D eigenvalue weighted by Crippen LogP contribution is -2.36. The van der Waals surface area contributed by atoms with Crippen LogP contribution in [-0.4, -0.2) is 16.2 Å². The second-order valence-corrected chi connectivity index (χ2v) is 6.37. The van der Waals surface area contributed by atoms with Crippen molar-refractivity contribution in [3.63, 3.8) is 0 Å². The van der Waals surface area contributed by atoms with Crippen LogP contribution in [0, 0.1) is 0 Å². The van der Waals surface area contributed by atoms with Crippen LogP contribution in [0.5, 0.6) is 0 Å². The van der Waals surface area contributed by atoms with Crippen LogP contribution in [0.15, 0.2) is 46.5 Å². The first-order chi connectivity index (χ1) is 12.6. The average molecular weight is 382 g/mol. The first-order valence-corrected chi connectivity index (χ1v) is 8.35. The van der Waals surface area contributed by atoms with E-state index in [1.807, 2.05) is 0 Å². The number of aromatic amines is 1. The number of rotatable bonds is 7. The molecule has 0 amide bonds. The van der Waals surface area contributed by atoms with Gasteiger partial charge in [-0.05, 0) is 17.5 Å². The fraction of sp³-hybridized carbons (Fsp3) is 0.368. The van der Waals surface area contributed by atoms with E-state index in [0.717, 1.165) is 12.1 Å². The third-order valence-electron chi connectivity index (χ3n) is 4.01. The fourth-order valence-electron chi connectivity index (χ4n) is 2.83. The average Bonchev–Trinajstić information content (AvgIpc) is 2.56. The van der Waals surface area contributed by atoms with Crippen molar-refractivity contribution in [2.24, 2.45) is 0 Å². The molecule has 0 bridgehead atoms. The highest BCUT2D eigenvalue weighted by molar-refractivity contribution is 5.32. The topological polar surface area (TPSA) is 64.1 Å². The lowest BCUT2D eigenvalue weighted by molar-refractivity contribution is -0.137. The molecule has 8 heteroatoms. The summed E-state index contributed by atoms with van der Waals surface area (Å²) in [5.41, 5.74) is -0.981. The Balaban J connectivity index is 2.58. The summed E-state index contributed by atoms with van der Waals surface area (Å²) in [5.74, 6) is -0.235. The van der Waals surface area contributed by atoms with E-state index in [4.69, 9.17) is 4.74 Å². The van der Waals surface area contributed by atoms with Gasteiger partial charge >= 0.3 is 11.9 Å². The van der Waals surface area contributed by atoms with Crippen LogP contribution in [0.1, 0.15) is 42.1 Å². The summed E-state index contributed by atoms with van der Waals surface area (Å²) in [6.07, 6.45) is -2.97. The Hall–Kier alpha value is -2.61. The molecule has 0 aliphatic carbocycles. The third kappa shape index (κ3) is 4.97. The van der Waals surface area contributed by atoms with Crippen molar-refractivity contribution in [2.45, 2.75) is 39.1 Å². The van der Waals surface area contributed by atoms with Gasteiger partial charge in [-0.25, -0.2) is 4.79 Å². The predicted octanol–water partition coefficient (Wildman–Crippen LogP) is 3.43. The number of nitrogens with zero attached hydrogens (tertiary/aromatic N) is 1. The molecule has 1 aromatic carbocycles. The van der Waals surface area contributed by atoms with Crippen molar-refractivity contribution in [2.75, 3.05) is 6.61 Å². The summed E-state index contributed by atoms with van der Waals surface area (Å²) < 4.78 is 45.5. The third-order valence-corrected chi connectivity index (χ3v) is 4.01. The van der Waals surface area contributed by atoms with E-state index in [-0.39, 0.29) is 25.7 Å². The molecule has 0 aliphatic heterocycles. The van der Waals surface area contributed by atoms with Gasteiger partial charge < -0.3 is 4.74 Å². The summed E-state index contributed by atoms with van der Waals surface area (Å²) >= 11 is 0. The first kappa shape index (κ1) is 20.7. The largest absolute Gasteiger partial charge is 0.416 e. The predicted molar refractivity (Wildman–Crippen MR) is 95.8 cm³/mol. The van der Waals surface area contributed by atoms with Crippen LogP contribution in [0.4, 0.5) is 13.2 Å². The minimum absolute atomic E-state index is 0.00591. The highest BCUT2D eigenvalue weighted by atomic mass is 19.4. The van der Waals surface area contributed by atoms with Crippen LogP contribution in [0.2, 0.25) is 0 Å². The Kier molecular flexibility index (Phi) is 6.43. The minimum Gasteiger partial charge on any atom is -0.357 e. The maximum absolute atomic E-state index is 13.0. The number of aromatic nitrogens is 2. The molecule has 2 rings (SSSR count). The SMILES string of the molecule is C=CCOCn1c(Cc2cccc(C(F)(F)F)c2)c(C(C)C)c(=O)[nH]c1=O. The number of hydrogen-bond acceptors (Lipinski definition) is 3. The van der Waals surface area contributed by atoms with E-state index in [0.29, 0.717) is 16.8 Å². The second kappa shape index (κ2) is 8.39. The highest BCUT2D eigenvalue weighted by Gasteiger charge is 2.30. The molecule has 0 saturated carbocycles. The number of halogens is 3. The van der Waals surface area contributed by atoms with Crippen molar-refractivity contribution in [3.05, 3.63) is 80.1 Å². The maximum Gasteiger partial charge on any atom is 0.416 e. The van der Waals surface area contributed by atoms with Crippen LogP contribution >= 0.6 is 0 Å². The molecule has 0 fully saturated rings. The van der Waals surface area contributed by atoms with Gasteiger partial charge in [-0.15, -0.1) is 6.58 Å². The molecule has 1 N–H and O–H groups in total. The molecule has 5 nitrogen and oxygen atoms in total. The first-order valence-electron chi connectivity index (χ1n) is 8.35. The molecule has 0 atom stereocenters. The Morgan fingerprint density at radius 1 is 1.30 bits per heavy atom. The number of alkyl halides is 3. The second-order valence-electron chi connectivity index (χ2n) is 6.37. The van der Waals surface area contributed by atoms with E-state index in [1.165, 1.54) is 22.8 Å². The lowest BCUT2D eigenvalue weighted by Gasteiger charge is -2.18. The summed E-state index contributed by atoms with van der Waals surface area (Å²) in [6.45, 7) is 7.12. The number of ether oxygens (including phenoxy) is 1. The lowest BCUT2D eigenvalue weighted by atomic mass is 9.97. The van der Waals surface area contributed by atoms with Crippen molar-refractivity contribution in [3.8, 4) is 0 Å². The van der Waals surface area contributed by atoms with Crippen molar-refractivity contribution < 1.29 is 17.9 Å². The van der Waals surface area contributed by atoms with Crippen LogP contribution in [0.25, 0.3) is 0 Å². The summed E-state index contributed by atoms with van der Waals surface area (Å²) in [5, 5.41) is 0. The van der Waals surface area contributed by atoms with Crippen LogP contribution in [0.3, 0.4) is 0 Å². The van der Waals surface area contributed by atoms with Crippen molar-refractivity contribution in [1.82, 2.24) is 9.55 Å². The van der Waals surface area contributed by atoms with Gasteiger partial charge in [0.05, 0.1) is 12.2 Å². The summed E-state index contributed by atoms with van der Waals surface area (Å²) in [4.78, 5) is 26.8. The Bertz CT molecular complexity index is 927. The number of benzene rings is 1.